The van der Waals surface area contributed by atoms with Crippen molar-refractivity contribution in [2.45, 2.75) is 31.2 Å². The molecule has 1 rings (SSSR count). The first-order chi connectivity index (χ1) is 7.75. The van der Waals surface area contributed by atoms with E-state index in [0.717, 1.165) is 6.04 Å². The van der Waals surface area contributed by atoms with Gasteiger partial charge in [0, 0.05) is 21.2 Å². The van der Waals surface area contributed by atoms with Crippen molar-refractivity contribution in [1.82, 2.24) is 10.6 Å². The van der Waals surface area contributed by atoms with Crippen molar-refractivity contribution < 1.29 is 19.4 Å². The molecule has 0 bridgehead atoms. The van der Waals surface area contributed by atoms with Crippen molar-refractivity contribution in [3.63, 3.8) is 0 Å². The molecular weight excluding hydrogens is 240 g/mol. The zero-order valence-electron chi connectivity index (χ0n) is 10.5. The highest BCUT2D eigenvalue weighted by Gasteiger charge is 2.46. The van der Waals surface area contributed by atoms with Crippen LogP contribution in [0.4, 0.5) is 4.79 Å². The fraction of sp³-hybridized carbons (Fsp3) is 0.800. The summed E-state index contributed by atoms with van der Waals surface area (Å²) in [6.07, 6.45) is -0.646. The maximum absolute atomic E-state index is 11.4. The van der Waals surface area contributed by atoms with Crippen LogP contribution in [0, 0.1) is 0 Å². The van der Waals surface area contributed by atoms with Crippen molar-refractivity contribution in [3.05, 3.63) is 0 Å². The Hall–Kier alpha value is -1.08. The summed E-state index contributed by atoms with van der Waals surface area (Å²) in [6, 6.07) is 0.874. The number of carbonyl (C=O) groups excluding carboxylic acids is 1. The highest BCUT2D eigenvalue weighted by Crippen LogP contribution is 2.12. The molecular formula is C10H20N2O4Si. The van der Waals surface area contributed by atoms with Gasteiger partial charge in [0.15, 0.2) is 5.54 Å². The van der Waals surface area contributed by atoms with Gasteiger partial charge in [0.05, 0.1) is 6.61 Å². The standard InChI is InChI=1S/C10H20N2O4Si/c1-17(2,3)5-4-16-9(15)12-10(8(13)14)6-11-7-10/h11H,4-7H2,1-3H3,(H,12,15)(H,13,14). The molecule has 0 aliphatic carbocycles. The van der Waals surface area contributed by atoms with Gasteiger partial charge in [-0.1, -0.05) is 19.6 Å². The Balaban J connectivity index is 2.32. The quantitative estimate of drug-likeness (QED) is 0.626. The molecule has 6 nitrogen and oxygen atoms in total. The Bertz CT molecular complexity index is 310. The fourth-order valence-electron chi connectivity index (χ4n) is 1.35. The topological polar surface area (TPSA) is 87.7 Å². The van der Waals surface area contributed by atoms with Crippen LogP contribution in [0.1, 0.15) is 0 Å². The third kappa shape index (κ3) is 4.01. The van der Waals surface area contributed by atoms with Crippen LogP contribution in [0.3, 0.4) is 0 Å². The highest BCUT2D eigenvalue weighted by molar-refractivity contribution is 6.76. The molecule has 98 valence electrons. The van der Waals surface area contributed by atoms with E-state index in [1.165, 1.54) is 0 Å². The number of rotatable bonds is 5. The number of alkyl carbamates (subject to hydrolysis) is 1. The molecule has 0 aromatic carbocycles. The summed E-state index contributed by atoms with van der Waals surface area (Å²) in [6.45, 7) is 7.39. The van der Waals surface area contributed by atoms with E-state index in [1.807, 2.05) is 0 Å². The Labute approximate surface area is 102 Å². The van der Waals surface area contributed by atoms with Crippen molar-refractivity contribution in [2.75, 3.05) is 19.7 Å². The van der Waals surface area contributed by atoms with Gasteiger partial charge < -0.3 is 20.5 Å². The molecule has 0 unspecified atom stereocenters. The lowest BCUT2D eigenvalue weighted by molar-refractivity contribution is -0.146. The van der Waals surface area contributed by atoms with Gasteiger partial charge in [-0.3, -0.25) is 0 Å². The number of carboxylic acid groups (broad SMARTS) is 1. The van der Waals surface area contributed by atoms with Gasteiger partial charge in [-0.15, -0.1) is 0 Å². The number of ether oxygens (including phenoxy) is 1. The van der Waals surface area contributed by atoms with Crippen LogP contribution in [0.2, 0.25) is 25.7 Å². The predicted molar refractivity (Wildman–Crippen MR) is 65.9 cm³/mol. The molecule has 1 saturated heterocycles. The minimum Gasteiger partial charge on any atom is -0.479 e. The number of carbonyl (C=O) groups is 2. The van der Waals surface area contributed by atoms with Gasteiger partial charge in [-0.05, 0) is 6.04 Å². The second kappa shape index (κ2) is 5.05. The van der Waals surface area contributed by atoms with Crippen LogP contribution in [0.15, 0.2) is 0 Å². The number of carboxylic acids is 1. The molecule has 1 amide bonds. The van der Waals surface area contributed by atoms with Crippen LogP contribution >= 0.6 is 0 Å². The van der Waals surface area contributed by atoms with Crippen LogP contribution in [-0.2, 0) is 9.53 Å². The SMILES string of the molecule is C[Si](C)(C)CCOC(=O)NC1(C(=O)O)CNC1. The molecule has 1 heterocycles. The van der Waals surface area contributed by atoms with E-state index in [4.69, 9.17) is 9.84 Å². The van der Waals surface area contributed by atoms with E-state index < -0.39 is 25.7 Å². The van der Waals surface area contributed by atoms with Gasteiger partial charge >= 0.3 is 12.1 Å². The minimum absolute atomic E-state index is 0.242. The average Bonchev–Trinajstić information content (AvgIpc) is 2.08. The summed E-state index contributed by atoms with van der Waals surface area (Å²) in [4.78, 5) is 22.4. The first-order valence-corrected chi connectivity index (χ1v) is 9.35. The van der Waals surface area contributed by atoms with Crippen LogP contribution in [0.5, 0.6) is 0 Å². The van der Waals surface area contributed by atoms with Crippen molar-refractivity contribution in [1.29, 1.82) is 0 Å². The molecule has 1 fully saturated rings. The van der Waals surface area contributed by atoms with E-state index in [0.29, 0.717) is 6.61 Å². The maximum Gasteiger partial charge on any atom is 0.408 e. The lowest BCUT2D eigenvalue weighted by atomic mass is 9.93. The second-order valence-corrected chi connectivity index (χ2v) is 11.2. The van der Waals surface area contributed by atoms with Gasteiger partial charge in [0.1, 0.15) is 0 Å². The first-order valence-electron chi connectivity index (χ1n) is 5.64. The molecule has 1 aliphatic heterocycles. The maximum atomic E-state index is 11.4. The number of nitrogens with one attached hydrogen (secondary N) is 2. The van der Waals surface area contributed by atoms with E-state index in [-0.39, 0.29) is 13.1 Å². The monoisotopic (exact) mass is 260 g/mol. The molecule has 0 saturated carbocycles. The summed E-state index contributed by atoms with van der Waals surface area (Å²) >= 11 is 0. The zero-order chi connectivity index (χ0) is 13.1. The Morgan fingerprint density at radius 3 is 2.35 bits per heavy atom. The summed E-state index contributed by atoms with van der Waals surface area (Å²) in [7, 11) is -1.23. The molecule has 0 aromatic heterocycles. The Morgan fingerprint density at radius 2 is 2.00 bits per heavy atom. The number of hydrogen-bond donors (Lipinski definition) is 3. The number of amides is 1. The van der Waals surface area contributed by atoms with Gasteiger partial charge in [0.25, 0.3) is 0 Å². The Kier molecular flexibility index (Phi) is 4.15. The molecule has 0 radical (unpaired) electrons. The fourth-order valence-corrected chi connectivity index (χ4v) is 2.06. The lowest BCUT2D eigenvalue weighted by Gasteiger charge is -2.38. The summed E-state index contributed by atoms with van der Waals surface area (Å²) in [5, 5.41) is 14.2. The lowest BCUT2D eigenvalue weighted by Crippen LogP contribution is -2.73. The largest absolute Gasteiger partial charge is 0.479 e. The predicted octanol–water partition coefficient (Wildman–Crippen LogP) is 0.477. The van der Waals surface area contributed by atoms with Crippen molar-refractivity contribution >= 4 is 20.1 Å². The van der Waals surface area contributed by atoms with Gasteiger partial charge in [-0.25, -0.2) is 9.59 Å². The van der Waals surface area contributed by atoms with Gasteiger partial charge in [0.2, 0.25) is 0 Å². The van der Waals surface area contributed by atoms with Crippen LogP contribution in [-0.4, -0.2) is 50.5 Å². The molecule has 3 N–H and O–H groups in total. The molecule has 1 aliphatic rings. The molecule has 0 aromatic rings. The summed E-state index contributed by atoms with van der Waals surface area (Å²) in [5.41, 5.74) is -1.18. The summed E-state index contributed by atoms with van der Waals surface area (Å²) < 4.78 is 4.99. The average molecular weight is 260 g/mol. The van der Waals surface area contributed by atoms with Crippen molar-refractivity contribution in [3.8, 4) is 0 Å². The summed E-state index contributed by atoms with van der Waals surface area (Å²) in [5.74, 6) is -1.03. The third-order valence-corrected chi connectivity index (χ3v) is 4.39. The number of aliphatic carboxylic acids is 1. The highest BCUT2D eigenvalue weighted by atomic mass is 28.3. The number of hydrogen-bond acceptors (Lipinski definition) is 4. The molecule has 0 atom stereocenters. The molecule has 17 heavy (non-hydrogen) atoms. The smallest absolute Gasteiger partial charge is 0.408 e. The zero-order valence-corrected chi connectivity index (χ0v) is 11.5. The normalized spacial score (nSPS) is 18.1. The Morgan fingerprint density at radius 1 is 1.41 bits per heavy atom. The van der Waals surface area contributed by atoms with E-state index >= 15 is 0 Å². The van der Waals surface area contributed by atoms with E-state index in [1.54, 1.807) is 0 Å². The van der Waals surface area contributed by atoms with E-state index in [9.17, 15) is 9.59 Å². The molecule has 7 heteroatoms. The van der Waals surface area contributed by atoms with Gasteiger partial charge in [-0.2, -0.15) is 0 Å². The van der Waals surface area contributed by atoms with Crippen LogP contribution < -0.4 is 10.6 Å². The molecule has 0 spiro atoms. The minimum atomic E-state index is -1.23. The van der Waals surface area contributed by atoms with Crippen LogP contribution in [0.25, 0.3) is 0 Å². The van der Waals surface area contributed by atoms with E-state index in [2.05, 4.69) is 30.3 Å². The first kappa shape index (κ1) is 14.0. The third-order valence-electron chi connectivity index (χ3n) is 2.69. The van der Waals surface area contributed by atoms with Crippen molar-refractivity contribution in [2.24, 2.45) is 0 Å². The second-order valence-electron chi connectivity index (χ2n) is 5.56.